The highest BCUT2D eigenvalue weighted by atomic mass is 16.6. The Balaban J connectivity index is 1.25. The number of hydrogen-bond acceptors (Lipinski definition) is 4. The first-order valence-corrected chi connectivity index (χ1v) is 8.49. The smallest absolute Gasteiger partial charge is 0.118 e. The van der Waals surface area contributed by atoms with Crippen LogP contribution in [0.15, 0.2) is 66.7 Å². The molecule has 1 saturated heterocycles. The first kappa shape index (κ1) is 17.7. The van der Waals surface area contributed by atoms with Crippen LogP contribution in [-0.4, -0.2) is 32.5 Å². The molecule has 0 spiro atoms. The Hall–Kier alpha value is -2.14. The van der Waals surface area contributed by atoms with Gasteiger partial charge >= 0.3 is 0 Å². The van der Waals surface area contributed by atoms with Gasteiger partial charge in [0.15, 0.2) is 0 Å². The maximum Gasteiger partial charge on any atom is 0.118 e. The van der Waals surface area contributed by atoms with Gasteiger partial charge in [0.25, 0.3) is 0 Å². The molecule has 2 atom stereocenters. The zero-order chi connectivity index (χ0) is 17.3. The summed E-state index contributed by atoms with van der Waals surface area (Å²) < 4.78 is 22.0. The van der Waals surface area contributed by atoms with Gasteiger partial charge in [-0.3, -0.25) is 0 Å². The van der Waals surface area contributed by atoms with Crippen LogP contribution >= 0.6 is 0 Å². The summed E-state index contributed by atoms with van der Waals surface area (Å²) in [5, 5.41) is 0. The average Bonchev–Trinajstić information content (AvgIpc) is 3.41. The van der Waals surface area contributed by atoms with Crippen molar-refractivity contribution in [3.8, 4) is 5.75 Å². The third kappa shape index (κ3) is 6.02. The summed E-state index contributed by atoms with van der Waals surface area (Å²) >= 11 is 0. The van der Waals surface area contributed by atoms with Crippen LogP contribution in [0.1, 0.15) is 11.1 Å². The van der Waals surface area contributed by atoms with E-state index < -0.39 is 0 Å². The van der Waals surface area contributed by atoms with Crippen LogP contribution in [0.3, 0.4) is 0 Å². The molecule has 0 saturated carbocycles. The Morgan fingerprint density at radius 1 is 0.920 bits per heavy atom. The molecule has 2 aromatic carbocycles. The van der Waals surface area contributed by atoms with Crippen molar-refractivity contribution in [2.45, 2.75) is 25.4 Å². The van der Waals surface area contributed by atoms with Crippen molar-refractivity contribution in [1.82, 2.24) is 0 Å². The molecule has 1 aliphatic rings. The molecule has 3 rings (SSSR count). The minimum atomic E-state index is 0.153. The van der Waals surface area contributed by atoms with Gasteiger partial charge in [0, 0.05) is 0 Å². The molecule has 0 bridgehead atoms. The van der Waals surface area contributed by atoms with E-state index in [4.69, 9.17) is 18.9 Å². The third-order valence-electron chi connectivity index (χ3n) is 3.98. The van der Waals surface area contributed by atoms with Gasteiger partial charge in [-0.2, -0.15) is 0 Å². The lowest BCUT2D eigenvalue weighted by molar-refractivity contribution is 0.104. The number of methoxy groups -OCH3 is 1. The standard InChI is InChI=1S/C21H24O4/c1-22-19-11-9-18(10-12-19)14-23-13-5-8-20-21(25-20)16-24-15-17-6-3-2-4-7-17/h2-12,20-21H,13-16H2,1H3/b8-5+/t20-,21-/m0/s1. The fourth-order valence-corrected chi connectivity index (χ4v) is 2.48. The number of ether oxygens (including phenoxy) is 4. The Morgan fingerprint density at radius 3 is 2.40 bits per heavy atom. The van der Waals surface area contributed by atoms with E-state index >= 15 is 0 Å². The first-order chi connectivity index (χ1) is 12.3. The molecule has 0 aromatic heterocycles. The van der Waals surface area contributed by atoms with Crippen molar-refractivity contribution in [3.63, 3.8) is 0 Å². The Labute approximate surface area is 149 Å². The number of hydrogen-bond donors (Lipinski definition) is 0. The minimum Gasteiger partial charge on any atom is -0.497 e. The molecule has 0 amide bonds. The number of rotatable bonds is 10. The zero-order valence-corrected chi connectivity index (χ0v) is 14.5. The SMILES string of the molecule is COc1ccc(COC/C=C/[C@@H]2O[C@H]2COCc2ccccc2)cc1. The largest absolute Gasteiger partial charge is 0.497 e. The van der Waals surface area contributed by atoms with Gasteiger partial charge in [0.05, 0.1) is 33.5 Å². The third-order valence-corrected chi connectivity index (χ3v) is 3.98. The van der Waals surface area contributed by atoms with Crippen LogP contribution in [0, 0.1) is 0 Å². The lowest BCUT2D eigenvalue weighted by Gasteiger charge is -2.03. The minimum absolute atomic E-state index is 0.153. The van der Waals surface area contributed by atoms with Crippen LogP contribution in [0.25, 0.3) is 0 Å². The molecule has 1 aliphatic heterocycles. The van der Waals surface area contributed by atoms with E-state index in [0.717, 1.165) is 11.3 Å². The zero-order valence-electron chi connectivity index (χ0n) is 14.5. The van der Waals surface area contributed by atoms with Crippen molar-refractivity contribution >= 4 is 0 Å². The molecule has 4 nitrogen and oxygen atoms in total. The molecule has 0 radical (unpaired) electrons. The molecule has 132 valence electrons. The van der Waals surface area contributed by atoms with Crippen LogP contribution in [0.5, 0.6) is 5.75 Å². The lowest BCUT2D eigenvalue weighted by atomic mass is 10.2. The Morgan fingerprint density at radius 2 is 1.64 bits per heavy atom. The summed E-state index contributed by atoms with van der Waals surface area (Å²) in [6.45, 7) is 2.41. The summed E-state index contributed by atoms with van der Waals surface area (Å²) in [5.41, 5.74) is 2.31. The van der Waals surface area contributed by atoms with E-state index in [9.17, 15) is 0 Å². The van der Waals surface area contributed by atoms with E-state index in [-0.39, 0.29) is 12.2 Å². The second-order valence-electron chi connectivity index (χ2n) is 5.93. The summed E-state index contributed by atoms with van der Waals surface area (Å²) in [6.07, 6.45) is 4.37. The molecule has 0 unspecified atom stereocenters. The maximum atomic E-state index is 5.68. The maximum absolute atomic E-state index is 5.68. The predicted octanol–water partition coefficient (Wildman–Crippen LogP) is 3.75. The molecular formula is C21H24O4. The van der Waals surface area contributed by atoms with Gasteiger partial charge in [-0.15, -0.1) is 0 Å². The van der Waals surface area contributed by atoms with E-state index in [1.165, 1.54) is 5.56 Å². The van der Waals surface area contributed by atoms with Gasteiger partial charge in [-0.05, 0) is 23.3 Å². The van der Waals surface area contributed by atoms with Crippen molar-refractivity contribution in [1.29, 1.82) is 0 Å². The monoisotopic (exact) mass is 340 g/mol. The van der Waals surface area contributed by atoms with Gasteiger partial charge in [0.1, 0.15) is 18.0 Å². The van der Waals surface area contributed by atoms with Crippen molar-refractivity contribution in [3.05, 3.63) is 77.9 Å². The van der Waals surface area contributed by atoms with Gasteiger partial charge < -0.3 is 18.9 Å². The molecule has 2 aromatic rings. The van der Waals surface area contributed by atoms with Crippen LogP contribution in [0.2, 0.25) is 0 Å². The van der Waals surface area contributed by atoms with E-state index in [0.29, 0.717) is 26.4 Å². The number of epoxide rings is 1. The fraction of sp³-hybridized carbons (Fsp3) is 0.333. The van der Waals surface area contributed by atoms with Crippen molar-refractivity contribution < 1.29 is 18.9 Å². The Kier molecular flexibility index (Phi) is 6.63. The van der Waals surface area contributed by atoms with Crippen molar-refractivity contribution in [2.24, 2.45) is 0 Å². The molecule has 4 heteroatoms. The van der Waals surface area contributed by atoms with E-state index in [2.05, 4.69) is 12.1 Å². The van der Waals surface area contributed by atoms with E-state index in [1.54, 1.807) is 7.11 Å². The number of benzene rings is 2. The van der Waals surface area contributed by atoms with Crippen LogP contribution in [0.4, 0.5) is 0 Å². The molecule has 1 fully saturated rings. The molecule has 25 heavy (non-hydrogen) atoms. The average molecular weight is 340 g/mol. The highest BCUT2D eigenvalue weighted by Gasteiger charge is 2.36. The lowest BCUT2D eigenvalue weighted by Crippen LogP contribution is -2.04. The molecule has 1 heterocycles. The molecular weight excluding hydrogens is 316 g/mol. The highest BCUT2D eigenvalue weighted by Crippen LogP contribution is 2.23. The second-order valence-corrected chi connectivity index (χ2v) is 5.93. The summed E-state index contributed by atoms with van der Waals surface area (Å²) in [7, 11) is 1.66. The van der Waals surface area contributed by atoms with Crippen LogP contribution in [-0.2, 0) is 27.4 Å². The van der Waals surface area contributed by atoms with Gasteiger partial charge in [-0.1, -0.05) is 54.6 Å². The normalized spacial score (nSPS) is 19.2. The fourth-order valence-electron chi connectivity index (χ4n) is 2.48. The summed E-state index contributed by atoms with van der Waals surface area (Å²) in [5.74, 6) is 0.857. The summed E-state index contributed by atoms with van der Waals surface area (Å²) in [4.78, 5) is 0. The molecule has 0 N–H and O–H groups in total. The van der Waals surface area contributed by atoms with Crippen LogP contribution < -0.4 is 4.74 Å². The predicted molar refractivity (Wildman–Crippen MR) is 96.5 cm³/mol. The summed E-state index contributed by atoms with van der Waals surface area (Å²) in [6, 6.07) is 18.0. The highest BCUT2D eigenvalue weighted by molar-refractivity contribution is 5.26. The van der Waals surface area contributed by atoms with E-state index in [1.807, 2.05) is 54.6 Å². The van der Waals surface area contributed by atoms with Gasteiger partial charge in [-0.25, -0.2) is 0 Å². The van der Waals surface area contributed by atoms with Crippen molar-refractivity contribution in [2.75, 3.05) is 20.3 Å². The van der Waals surface area contributed by atoms with Gasteiger partial charge in [0.2, 0.25) is 0 Å². The molecule has 0 aliphatic carbocycles. The quantitative estimate of drug-likeness (QED) is 0.375. The Bertz CT molecular complexity index is 651. The topological polar surface area (TPSA) is 40.2 Å². The first-order valence-electron chi connectivity index (χ1n) is 8.49. The second kappa shape index (κ2) is 9.37.